The number of nitrogens with two attached hydrogens (primary N) is 1. The van der Waals surface area contributed by atoms with E-state index < -0.39 is 11.9 Å². The van der Waals surface area contributed by atoms with Gasteiger partial charge in [0.15, 0.2) is 0 Å². The maximum Gasteiger partial charge on any atom is 0.273 e. The van der Waals surface area contributed by atoms with Gasteiger partial charge in [-0.05, 0) is 61.0 Å². The molecule has 2 aromatic carbocycles. The number of amides is 3. The molecule has 1 atom stereocenters. The summed E-state index contributed by atoms with van der Waals surface area (Å²) in [4.78, 5) is 48.0. The molecular formula is C28H30N6O3. The van der Waals surface area contributed by atoms with Crippen LogP contribution in [0.5, 0.6) is 0 Å². The summed E-state index contributed by atoms with van der Waals surface area (Å²) in [5.41, 5.74) is 9.52. The minimum absolute atomic E-state index is 0.226. The lowest BCUT2D eigenvalue weighted by Gasteiger charge is -2.39. The van der Waals surface area contributed by atoms with E-state index in [1.807, 2.05) is 48.5 Å². The molecule has 190 valence electrons. The van der Waals surface area contributed by atoms with Crippen molar-refractivity contribution in [2.45, 2.75) is 12.5 Å². The molecule has 3 heterocycles. The van der Waals surface area contributed by atoms with E-state index in [1.54, 1.807) is 23.2 Å². The Morgan fingerprint density at radius 3 is 2.35 bits per heavy atom. The number of nitrogens with one attached hydrogen (secondary N) is 1. The van der Waals surface area contributed by atoms with E-state index in [0.717, 1.165) is 43.0 Å². The lowest BCUT2D eigenvalue weighted by atomic mass is 10.0. The van der Waals surface area contributed by atoms with Crippen molar-refractivity contribution in [1.29, 1.82) is 0 Å². The number of pyridine rings is 1. The summed E-state index contributed by atoms with van der Waals surface area (Å²) in [6, 6.07) is 17.6. The number of carbonyl (C=O) groups excluding carboxylic acids is 3. The number of hydrogen-bond acceptors (Lipinski definition) is 6. The highest BCUT2D eigenvalue weighted by Gasteiger charge is 2.38. The van der Waals surface area contributed by atoms with Gasteiger partial charge >= 0.3 is 0 Å². The molecule has 0 aliphatic carbocycles. The third-order valence-corrected chi connectivity index (χ3v) is 7.05. The first kappa shape index (κ1) is 24.5. The predicted molar refractivity (Wildman–Crippen MR) is 142 cm³/mol. The zero-order chi connectivity index (χ0) is 25.9. The van der Waals surface area contributed by atoms with Gasteiger partial charge in [-0.25, -0.2) is 0 Å². The fourth-order valence-corrected chi connectivity index (χ4v) is 4.68. The SMILES string of the molecule is CN1CCN(c2ccnc(C(=O)N3CC[C@H]3C(=O)Nc3cccc(-c4ccc(C(N)=O)cc4)c3)c2)CC1. The molecular weight excluding hydrogens is 468 g/mol. The van der Waals surface area contributed by atoms with Crippen LogP contribution in [0.1, 0.15) is 27.3 Å². The van der Waals surface area contributed by atoms with E-state index in [1.165, 1.54) is 0 Å². The summed E-state index contributed by atoms with van der Waals surface area (Å²) in [5, 5.41) is 2.95. The van der Waals surface area contributed by atoms with E-state index in [4.69, 9.17) is 5.73 Å². The molecule has 5 rings (SSSR count). The Morgan fingerprint density at radius 1 is 0.919 bits per heavy atom. The molecule has 0 radical (unpaired) electrons. The summed E-state index contributed by atoms with van der Waals surface area (Å²) in [5.74, 6) is -0.935. The molecule has 3 amide bonds. The molecule has 9 heteroatoms. The number of primary amides is 1. The van der Waals surface area contributed by atoms with Crippen LogP contribution in [0, 0.1) is 0 Å². The van der Waals surface area contributed by atoms with Crippen molar-refractivity contribution in [3.05, 3.63) is 78.1 Å². The number of rotatable bonds is 6. The third-order valence-electron chi connectivity index (χ3n) is 7.05. The smallest absolute Gasteiger partial charge is 0.273 e. The fraction of sp³-hybridized carbons (Fsp3) is 0.286. The predicted octanol–water partition coefficient (Wildman–Crippen LogP) is 2.45. The molecule has 0 bridgehead atoms. The van der Waals surface area contributed by atoms with Crippen molar-refractivity contribution in [3.8, 4) is 11.1 Å². The Kier molecular flexibility index (Phi) is 6.87. The largest absolute Gasteiger partial charge is 0.369 e. The standard InChI is InChI=1S/C28H30N6O3/c1-32-13-15-33(16-14-32)23-9-11-30-24(18-23)28(37)34-12-10-25(34)27(36)31-22-4-2-3-21(17-22)19-5-7-20(8-6-19)26(29)35/h2-9,11,17-18,25H,10,12-16H2,1H3,(H2,29,35)(H,31,36)/t25-/m0/s1. The molecule has 1 aromatic heterocycles. The lowest BCUT2D eigenvalue weighted by Crippen LogP contribution is -2.57. The normalized spacial score (nSPS) is 17.7. The minimum Gasteiger partial charge on any atom is -0.369 e. The topological polar surface area (TPSA) is 112 Å². The first-order valence-corrected chi connectivity index (χ1v) is 12.4. The second kappa shape index (κ2) is 10.4. The zero-order valence-corrected chi connectivity index (χ0v) is 20.8. The van der Waals surface area contributed by atoms with E-state index in [-0.39, 0.29) is 11.8 Å². The Bertz CT molecular complexity index is 1320. The number of piperazine rings is 1. The van der Waals surface area contributed by atoms with Crippen molar-refractivity contribution in [2.24, 2.45) is 5.73 Å². The fourth-order valence-electron chi connectivity index (χ4n) is 4.68. The molecule has 2 fully saturated rings. The number of hydrogen-bond donors (Lipinski definition) is 2. The molecule has 2 saturated heterocycles. The quantitative estimate of drug-likeness (QED) is 0.540. The van der Waals surface area contributed by atoms with Crippen LogP contribution in [0.4, 0.5) is 11.4 Å². The molecule has 37 heavy (non-hydrogen) atoms. The highest BCUT2D eigenvalue weighted by molar-refractivity contribution is 6.02. The van der Waals surface area contributed by atoms with E-state index >= 15 is 0 Å². The number of carbonyl (C=O) groups is 3. The molecule has 3 aromatic rings. The van der Waals surface area contributed by atoms with Gasteiger partial charge in [0, 0.05) is 55.9 Å². The summed E-state index contributed by atoms with van der Waals surface area (Å²) in [6.07, 6.45) is 2.27. The van der Waals surface area contributed by atoms with Crippen molar-refractivity contribution < 1.29 is 14.4 Å². The van der Waals surface area contributed by atoms with Gasteiger partial charge in [0.2, 0.25) is 11.8 Å². The van der Waals surface area contributed by atoms with Crippen molar-refractivity contribution in [2.75, 3.05) is 50.0 Å². The number of benzene rings is 2. The van der Waals surface area contributed by atoms with Crippen LogP contribution in [0.15, 0.2) is 66.9 Å². The average molecular weight is 499 g/mol. The van der Waals surface area contributed by atoms with Crippen molar-refractivity contribution in [3.63, 3.8) is 0 Å². The second-order valence-corrected chi connectivity index (χ2v) is 9.50. The van der Waals surface area contributed by atoms with Crippen LogP contribution in [0.2, 0.25) is 0 Å². The van der Waals surface area contributed by atoms with Crippen LogP contribution < -0.4 is 16.0 Å². The molecule has 2 aliphatic rings. The molecule has 2 aliphatic heterocycles. The lowest BCUT2D eigenvalue weighted by molar-refractivity contribution is -0.123. The van der Waals surface area contributed by atoms with Crippen LogP contribution in [0.3, 0.4) is 0 Å². The average Bonchev–Trinajstić information content (AvgIpc) is 2.88. The van der Waals surface area contributed by atoms with Gasteiger partial charge < -0.3 is 25.8 Å². The van der Waals surface area contributed by atoms with Gasteiger partial charge in [-0.15, -0.1) is 0 Å². The maximum absolute atomic E-state index is 13.2. The molecule has 9 nitrogen and oxygen atoms in total. The highest BCUT2D eigenvalue weighted by Crippen LogP contribution is 2.26. The van der Waals surface area contributed by atoms with Crippen molar-refractivity contribution >= 4 is 29.1 Å². The summed E-state index contributed by atoms with van der Waals surface area (Å²) < 4.78 is 0. The van der Waals surface area contributed by atoms with Gasteiger partial charge in [0.1, 0.15) is 11.7 Å². The van der Waals surface area contributed by atoms with Gasteiger partial charge in [-0.3, -0.25) is 19.4 Å². The summed E-state index contributed by atoms with van der Waals surface area (Å²) >= 11 is 0. The van der Waals surface area contributed by atoms with E-state index in [2.05, 4.69) is 27.1 Å². The van der Waals surface area contributed by atoms with Gasteiger partial charge in [-0.1, -0.05) is 24.3 Å². The Morgan fingerprint density at radius 2 is 1.68 bits per heavy atom. The third kappa shape index (κ3) is 5.31. The Hall–Kier alpha value is -4.24. The number of likely N-dealkylation sites (tertiary alicyclic amines) is 1. The number of anilines is 2. The van der Waals surface area contributed by atoms with E-state index in [9.17, 15) is 14.4 Å². The molecule has 0 unspecified atom stereocenters. The number of nitrogens with zero attached hydrogens (tertiary/aromatic N) is 4. The summed E-state index contributed by atoms with van der Waals surface area (Å²) in [7, 11) is 2.10. The van der Waals surface area contributed by atoms with Crippen LogP contribution in [-0.2, 0) is 4.79 Å². The van der Waals surface area contributed by atoms with Gasteiger partial charge in [-0.2, -0.15) is 0 Å². The monoisotopic (exact) mass is 498 g/mol. The second-order valence-electron chi connectivity index (χ2n) is 9.50. The number of aromatic nitrogens is 1. The minimum atomic E-state index is -0.542. The number of likely N-dealkylation sites (N-methyl/N-ethyl adjacent to an activating group) is 1. The first-order chi connectivity index (χ1) is 17.9. The van der Waals surface area contributed by atoms with Crippen LogP contribution >= 0.6 is 0 Å². The molecule has 0 saturated carbocycles. The molecule has 3 N–H and O–H groups in total. The van der Waals surface area contributed by atoms with Crippen LogP contribution in [0.25, 0.3) is 11.1 Å². The Labute approximate surface area is 215 Å². The highest BCUT2D eigenvalue weighted by atomic mass is 16.2. The Balaban J connectivity index is 1.24. The maximum atomic E-state index is 13.2. The molecule has 0 spiro atoms. The first-order valence-electron chi connectivity index (χ1n) is 12.4. The van der Waals surface area contributed by atoms with Crippen LogP contribution in [-0.4, -0.2) is 78.3 Å². The van der Waals surface area contributed by atoms with E-state index in [0.29, 0.717) is 29.9 Å². The van der Waals surface area contributed by atoms with Crippen molar-refractivity contribution in [1.82, 2.24) is 14.8 Å². The van der Waals surface area contributed by atoms with Gasteiger partial charge in [0.05, 0.1) is 0 Å². The van der Waals surface area contributed by atoms with Gasteiger partial charge in [0.25, 0.3) is 5.91 Å². The summed E-state index contributed by atoms with van der Waals surface area (Å²) in [6.45, 7) is 4.26. The zero-order valence-electron chi connectivity index (χ0n) is 20.8.